The number of hydrogen-bond acceptors (Lipinski definition) is 9. The third kappa shape index (κ3) is 9.20. The minimum absolute atomic E-state index is 0.00853. The quantitative estimate of drug-likeness (QED) is 0.0845. The highest BCUT2D eigenvalue weighted by molar-refractivity contribution is 6.09. The number of phenolic OH excluding ortho intramolecular Hbond substituents is 1. The van der Waals surface area contributed by atoms with Crippen molar-refractivity contribution < 1.29 is 24.9 Å². The molecule has 0 spiro atoms. The molecule has 0 saturated heterocycles. The van der Waals surface area contributed by atoms with Crippen molar-refractivity contribution >= 4 is 11.5 Å². The molecule has 5 rings (SSSR count). The number of carbonyl (C=O) groups is 1. The van der Waals surface area contributed by atoms with E-state index >= 15 is 0 Å². The molecule has 0 amide bonds. The number of aromatic hydroxyl groups is 1. The van der Waals surface area contributed by atoms with Gasteiger partial charge >= 0.3 is 0 Å². The van der Waals surface area contributed by atoms with Crippen LogP contribution in [-0.4, -0.2) is 50.6 Å². The summed E-state index contributed by atoms with van der Waals surface area (Å²) in [6.07, 6.45) is 10.1. The summed E-state index contributed by atoms with van der Waals surface area (Å²) in [6.45, 7) is 4.79. The number of nitrogens with two attached hydrogens (primary N) is 2. The number of rotatable bonds is 16. The number of phenols is 1. The predicted molar refractivity (Wildman–Crippen MR) is 193 cm³/mol. The van der Waals surface area contributed by atoms with Gasteiger partial charge in [-0.25, -0.2) is 0 Å². The summed E-state index contributed by atoms with van der Waals surface area (Å²) in [5.41, 5.74) is 18.1. The number of Topliss-reactive ketones (excluding diaryl/α,β-unsaturated/α-hetero) is 1. The van der Waals surface area contributed by atoms with Crippen LogP contribution in [0.1, 0.15) is 113 Å². The van der Waals surface area contributed by atoms with E-state index in [0.717, 1.165) is 72.1 Å². The van der Waals surface area contributed by atoms with Gasteiger partial charge in [0.25, 0.3) is 0 Å². The first-order chi connectivity index (χ1) is 23.7. The first kappa shape index (κ1) is 36.3. The van der Waals surface area contributed by atoms with Gasteiger partial charge in [0, 0.05) is 36.7 Å². The van der Waals surface area contributed by atoms with Gasteiger partial charge in [-0.05, 0) is 59.2 Å². The van der Waals surface area contributed by atoms with E-state index in [0.29, 0.717) is 50.0 Å². The molecule has 4 atom stereocenters. The van der Waals surface area contributed by atoms with Crippen LogP contribution in [0.5, 0.6) is 11.5 Å². The Bertz CT molecular complexity index is 1630. The van der Waals surface area contributed by atoms with E-state index in [4.69, 9.17) is 16.2 Å². The van der Waals surface area contributed by atoms with E-state index in [2.05, 4.69) is 30.7 Å². The number of allylic oxidation sites excluding steroid dienone is 1. The van der Waals surface area contributed by atoms with Crippen LogP contribution >= 0.6 is 0 Å². The first-order valence-corrected chi connectivity index (χ1v) is 17.9. The molecular weight excluding hydrogens is 616 g/mol. The number of aliphatic hydroxyl groups is 2. The summed E-state index contributed by atoms with van der Waals surface area (Å²) >= 11 is 0. The highest BCUT2D eigenvalue weighted by Gasteiger charge is 2.32. The van der Waals surface area contributed by atoms with Crippen LogP contribution in [0, 0.1) is 17.8 Å². The molecular formula is C40H52N4O5. The Balaban J connectivity index is 1.32. The van der Waals surface area contributed by atoms with Gasteiger partial charge in [0.05, 0.1) is 30.9 Å². The van der Waals surface area contributed by atoms with E-state index in [1.807, 2.05) is 41.6 Å². The molecule has 9 heteroatoms. The van der Waals surface area contributed by atoms with Crippen molar-refractivity contribution in [3.63, 3.8) is 0 Å². The summed E-state index contributed by atoms with van der Waals surface area (Å²) in [5.74, 6) is 6.13. The zero-order chi connectivity index (χ0) is 34.9. The standard InChI is InChI=1S/C40H52N4O5/c1-3-5-7-10-31(35(46)11-8-6-4-2)36(47)18-14-26-15-19-37(48)38(20-26)49-39-13-9-12-34(45)30-17-16-27(40(41)42)21-28(30)22-29-23-43-33-25-44(39)24-32(29)33/h15-17,19-21,23-24,31,34-35,39-40,45-46,48H,3-8,10-11,13-14,18,22,25,41-42H2,1-2H3. The number of fused-ring (bicyclic) bond motifs is 2. The molecule has 2 bridgehead atoms. The number of carbonyl (C=O) groups excluding carboxylic acids is 1. The molecule has 2 aromatic carbocycles. The molecule has 3 aliphatic heterocycles. The predicted octanol–water partition coefficient (Wildman–Crippen LogP) is 5.87. The summed E-state index contributed by atoms with van der Waals surface area (Å²) in [4.78, 5) is 20.1. The minimum Gasteiger partial charge on any atom is -0.504 e. The maximum absolute atomic E-state index is 13.4. The zero-order valence-corrected chi connectivity index (χ0v) is 28.9. The maximum atomic E-state index is 13.4. The molecule has 9 nitrogen and oxygen atoms in total. The van der Waals surface area contributed by atoms with Crippen LogP contribution in [0.2, 0.25) is 0 Å². The van der Waals surface area contributed by atoms with Gasteiger partial charge in [-0.1, -0.05) is 88.5 Å². The number of nitrogens with zero attached hydrogens (tertiary/aromatic N) is 2. The highest BCUT2D eigenvalue weighted by atomic mass is 16.5. The van der Waals surface area contributed by atoms with Crippen LogP contribution in [0.4, 0.5) is 0 Å². The lowest BCUT2D eigenvalue weighted by atomic mass is 9.86. The molecule has 7 N–H and O–H groups in total. The fourth-order valence-corrected chi connectivity index (χ4v) is 6.87. The number of hydrogen-bond donors (Lipinski definition) is 5. The third-order valence-corrected chi connectivity index (χ3v) is 9.82. The first-order valence-electron chi connectivity index (χ1n) is 17.9. The van der Waals surface area contributed by atoms with E-state index in [1.54, 1.807) is 12.1 Å². The molecule has 3 aliphatic rings. The largest absolute Gasteiger partial charge is 0.504 e. The third-order valence-electron chi connectivity index (χ3n) is 9.82. The molecule has 2 aromatic rings. The molecule has 0 saturated carbocycles. The van der Waals surface area contributed by atoms with Gasteiger partial charge in [-0.15, -0.1) is 0 Å². The summed E-state index contributed by atoms with van der Waals surface area (Å²) < 4.78 is 6.45. The SMILES string of the molecule is CCCCCC(O)C(CCCCC)C(=O)CCc1ccc(O)c(OC2CC#CC(O)c3ccc(C(N)N)cc3CC3=CN=C4CN2C=C34)c1. The monoisotopic (exact) mass is 668 g/mol. The van der Waals surface area contributed by atoms with Crippen LogP contribution in [0.3, 0.4) is 0 Å². The zero-order valence-electron chi connectivity index (χ0n) is 28.9. The van der Waals surface area contributed by atoms with Gasteiger partial charge < -0.3 is 36.4 Å². The Labute approximate surface area is 290 Å². The molecule has 4 unspecified atom stereocenters. The Hall–Kier alpha value is -3.94. The van der Waals surface area contributed by atoms with Crippen molar-refractivity contribution in [2.24, 2.45) is 22.4 Å². The number of aliphatic hydroxyl groups excluding tert-OH is 2. The van der Waals surface area contributed by atoms with Crippen molar-refractivity contribution in [2.45, 2.75) is 115 Å². The van der Waals surface area contributed by atoms with Crippen LogP contribution in [0.25, 0.3) is 0 Å². The Kier molecular flexibility index (Phi) is 12.7. The smallest absolute Gasteiger partial charge is 0.183 e. The minimum atomic E-state index is -1.02. The topological polar surface area (TPSA) is 155 Å². The fraction of sp³-hybridized carbons (Fsp3) is 0.500. The van der Waals surface area contributed by atoms with Gasteiger partial charge in [-0.3, -0.25) is 9.79 Å². The normalized spacial score (nSPS) is 19.5. The lowest BCUT2D eigenvalue weighted by molar-refractivity contribution is -0.126. The van der Waals surface area contributed by atoms with Crippen molar-refractivity contribution in [2.75, 3.05) is 6.54 Å². The molecule has 262 valence electrons. The Morgan fingerprint density at radius 2 is 1.86 bits per heavy atom. The van der Waals surface area contributed by atoms with Gasteiger partial charge in [-0.2, -0.15) is 0 Å². The van der Waals surface area contributed by atoms with Crippen molar-refractivity contribution in [3.05, 3.63) is 82.2 Å². The average Bonchev–Trinajstić information content (AvgIpc) is 3.67. The maximum Gasteiger partial charge on any atom is 0.183 e. The van der Waals surface area contributed by atoms with Gasteiger partial charge in [0.15, 0.2) is 17.7 Å². The van der Waals surface area contributed by atoms with Crippen LogP contribution < -0.4 is 16.2 Å². The van der Waals surface area contributed by atoms with Crippen LogP contribution in [-0.2, 0) is 17.6 Å². The number of benzene rings is 2. The van der Waals surface area contributed by atoms with Crippen molar-refractivity contribution in [1.29, 1.82) is 0 Å². The van der Waals surface area contributed by atoms with E-state index < -0.39 is 24.6 Å². The van der Waals surface area contributed by atoms with Gasteiger partial charge in [0.1, 0.15) is 11.9 Å². The molecule has 3 heterocycles. The number of unbranched alkanes of at least 4 members (excludes halogenated alkanes) is 4. The second kappa shape index (κ2) is 17.1. The Morgan fingerprint density at radius 1 is 1.08 bits per heavy atom. The number of aliphatic imine (C=N–C) groups is 1. The average molecular weight is 669 g/mol. The van der Waals surface area contributed by atoms with Crippen molar-refractivity contribution in [3.8, 4) is 23.3 Å². The van der Waals surface area contributed by atoms with Gasteiger partial charge in [0.2, 0.25) is 0 Å². The lowest BCUT2D eigenvalue weighted by Gasteiger charge is -2.27. The number of ketones is 1. The molecule has 0 radical (unpaired) electrons. The summed E-state index contributed by atoms with van der Waals surface area (Å²) in [6, 6.07) is 10.8. The van der Waals surface area contributed by atoms with E-state index in [1.165, 1.54) is 0 Å². The molecule has 0 fully saturated rings. The van der Waals surface area contributed by atoms with E-state index in [9.17, 15) is 20.1 Å². The van der Waals surface area contributed by atoms with E-state index in [-0.39, 0.29) is 23.9 Å². The molecule has 0 aliphatic carbocycles. The second-order valence-electron chi connectivity index (χ2n) is 13.5. The Morgan fingerprint density at radius 3 is 2.61 bits per heavy atom. The van der Waals surface area contributed by atoms with Crippen LogP contribution in [0.15, 0.2) is 64.9 Å². The summed E-state index contributed by atoms with van der Waals surface area (Å²) in [5, 5.41) is 32.9. The highest BCUT2D eigenvalue weighted by Crippen LogP contribution is 2.35. The number of ether oxygens (including phenoxy) is 1. The second-order valence-corrected chi connectivity index (χ2v) is 13.5. The van der Waals surface area contributed by atoms with Crippen molar-refractivity contribution in [1.82, 2.24) is 4.90 Å². The molecule has 49 heavy (non-hydrogen) atoms. The lowest BCUT2D eigenvalue weighted by Crippen LogP contribution is -2.35. The molecule has 0 aromatic heterocycles. The summed E-state index contributed by atoms with van der Waals surface area (Å²) in [7, 11) is 0. The number of aryl methyl sites for hydroxylation is 1. The fourth-order valence-electron chi connectivity index (χ4n) is 6.87.